The Bertz CT molecular complexity index is 175. The molecule has 0 spiro atoms. The fraction of sp³-hybridized carbons (Fsp3) is 0.900. The number of carbonyl (C=O) groups is 1. The van der Waals surface area contributed by atoms with Crippen LogP contribution in [0.15, 0.2) is 5.34 Å². The van der Waals surface area contributed by atoms with Crippen molar-refractivity contribution < 1.29 is 19.8 Å². The largest absolute Gasteiger partial charge is 0.480 e. The molecule has 2 N–H and O–H groups in total. The minimum absolute atomic E-state index is 0.00986. The van der Waals surface area contributed by atoms with Crippen molar-refractivity contribution in [3.05, 3.63) is 4.91 Å². The first kappa shape index (κ1) is 17.2. The van der Waals surface area contributed by atoms with Gasteiger partial charge in [0.2, 0.25) is 0 Å². The highest BCUT2D eigenvalue weighted by atomic mass is 16.7. The van der Waals surface area contributed by atoms with E-state index in [0.29, 0.717) is 0 Å². The van der Waals surface area contributed by atoms with Crippen molar-refractivity contribution in [3.63, 3.8) is 0 Å². The van der Waals surface area contributed by atoms with Crippen LogP contribution in [0.3, 0.4) is 0 Å². The number of carboxylic acid groups (broad SMARTS) is 1. The fourth-order valence-electron chi connectivity index (χ4n) is 0.985. The van der Waals surface area contributed by atoms with Crippen LogP contribution in [-0.4, -0.2) is 28.9 Å². The predicted molar refractivity (Wildman–Crippen MR) is 59.8 cm³/mol. The monoisotopic (exact) mass is 235 g/mol. The summed E-state index contributed by atoms with van der Waals surface area (Å²) in [5.74, 6) is -1.19. The minimum Gasteiger partial charge on any atom is -0.480 e. The molecule has 1 atom stereocenters. The molecule has 0 heterocycles. The van der Waals surface area contributed by atoms with Gasteiger partial charge in [-0.25, -0.2) is 4.79 Å². The van der Waals surface area contributed by atoms with Crippen molar-refractivity contribution in [2.75, 3.05) is 6.61 Å². The van der Waals surface area contributed by atoms with Crippen molar-refractivity contribution >= 4 is 5.97 Å². The molecule has 0 bridgehead atoms. The summed E-state index contributed by atoms with van der Waals surface area (Å²) in [6.45, 7) is 3.26. The van der Waals surface area contributed by atoms with Crippen LogP contribution < -0.4 is 0 Å². The lowest BCUT2D eigenvalue weighted by Crippen LogP contribution is -2.02. The Morgan fingerprint density at radius 2 is 1.94 bits per heavy atom. The molecule has 0 saturated heterocycles. The Kier molecular flexibility index (Phi) is 14.9. The summed E-state index contributed by atoms with van der Waals surface area (Å²) in [7, 11) is 0. The van der Waals surface area contributed by atoms with Crippen molar-refractivity contribution in [3.8, 4) is 0 Å². The molecule has 0 saturated carbocycles. The second-order valence-electron chi connectivity index (χ2n) is 3.39. The maximum Gasteiger partial charge on any atom is 0.329 e. The van der Waals surface area contributed by atoms with Gasteiger partial charge in [-0.1, -0.05) is 26.2 Å². The first-order valence-electron chi connectivity index (χ1n) is 5.39. The molecule has 0 aromatic rings. The Hall–Kier alpha value is -1.17. The van der Waals surface area contributed by atoms with Gasteiger partial charge in [-0.15, -0.1) is 4.91 Å². The van der Waals surface area contributed by atoms with E-state index in [4.69, 9.17) is 15.0 Å². The van der Waals surface area contributed by atoms with Gasteiger partial charge < -0.3 is 15.1 Å². The molecule has 0 amide bonds. The highest BCUT2D eigenvalue weighted by Crippen LogP contribution is 2.07. The number of aliphatic hydroxyl groups excluding tert-OH is 1. The summed E-state index contributed by atoms with van der Waals surface area (Å²) in [6.07, 6.45) is 5.78. The molecule has 96 valence electrons. The molecule has 0 aliphatic heterocycles. The number of hydrogen-bond acceptors (Lipinski definition) is 5. The lowest BCUT2D eigenvalue weighted by atomic mass is 10.1. The van der Waals surface area contributed by atoms with E-state index in [-0.39, 0.29) is 6.10 Å². The molecule has 0 aliphatic carbocycles. The lowest BCUT2D eigenvalue weighted by Gasteiger charge is -2.05. The van der Waals surface area contributed by atoms with Gasteiger partial charge in [0, 0.05) is 0 Å². The topological polar surface area (TPSA) is 96.2 Å². The molecule has 1 unspecified atom stereocenters. The summed E-state index contributed by atoms with van der Waals surface area (Å²) in [5.41, 5.74) is 0. The average molecular weight is 235 g/mol. The van der Waals surface area contributed by atoms with Gasteiger partial charge in [-0.05, 0) is 19.8 Å². The van der Waals surface area contributed by atoms with Gasteiger partial charge >= 0.3 is 5.97 Å². The zero-order valence-electron chi connectivity index (χ0n) is 9.89. The zero-order valence-corrected chi connectivity index (χ0v) is 9.89. The maximum atomic E-state index is 9.63. The number of hydrogen-bond donors (Lipinski definition) is 2. The number of nitrogens with zero attached hydrogens (tertiary/aromatic N) is 1. The second kappa shape index (κ2) is 13.8. The minimum atomic E-state index is -1.19. The third-order valence-corrected chi connectivity index (χ3v) is 1.82. The van der Waals surface area contributed by atoms with Gasteiger partial charge in [-0.2, -0.15) is 0 Å². The first-order chi connectivity index (χ1) is 7.58. The van der Waals surface area contributed by atoms with E-state index >= 15 is 0 Å². The molecular formula is C10H21NO5. The quantitative estimate of drug-likeness (QED) is 0.381. The Labute approximate surface area is 95.5 Å². The van der Waals surface area contributed by atoms with Gasteiger partial charge in [0.25, 0.3) is 0 Å². The van der Waals surface area contributed by atoms with Gasteiger partial charge in [-0.3, -0.25) is 0 Å². The van der Waals surface area contributed by atoms with Crippen LogP contribution in [-0.2, 0) is 9.63 Å². The summed E-state index contributed by atoms with van der Waals surface area (Å²) in [4.78, 5) is 23.2. The molecule has 0 aliphatic rings. The predicted octanol–water partition coefficient (Wildman–Crippen LogP) is 2.11. The summed E-state index contributed by atoms with van der Waals surface area (Å²) < 4.78 is 0. The second-order valence-corrected chi connectivity index (χ2v) is 3.39. The van der Waals surface area contributed by atoms with Crippen molar-refractivity contribution in [2.24, 2.45) is 5.34 Å². The number of unbranched alkanes of at least 4 members (excludes halogenated alkanes) is 3. The Morgan fingerprint density at radius 1 is 1.38 bits per heavy atom. The molecule has 6 nitrogen and oxygen atoms in total. The first-order valence-corrected chi connectivity index (χ1v) is 5.39. The van der Waals surface area contributed by atoms with Crippen LogP contribution in [0.5, 0.6) is 0 Å². The lowest BCUT2D eigenvalue weighted by molar-refractivity contribution is -0.140. The van der Waals surface area contributed by atoms with Crippen LogP contribution in [0.1, 0.15) is 46.0 Å². The van der Waals surface area contributed by atoms with Gasteiger partial charge in [0.05, 0.1) is 0 Å². The Balaban J connectivity index is 0. The van der Waals surface area contributed by atoms with E-state index in [1.165, 1.54) is 19.3 Å². The van der Waals surface area contributed by atoms with E-state index in [9.17, 15) is 4.91 Å². The fourth-order valence-corrected chi connectivity index (χ4v) is 0.985. The number of rotatable bonds is 8. The molecule has 0 aromatic carbocycles. The molecule has 0 fully saturated rings. The number of carboxylic acids is 1. The zero-order chi connectivity index (χ0) is 12.8. The van der Waals surface area contributed by atoms with Gasteiger partial charge in [0.1, 0.15) is 12.7 Å². The maximum absolute atomic E-state index is 9.63. The standard InChI is InChI=1S/C8H17NO2.C2H4O3/c1-3-4-5-6-7-8(2)11-9-10;3-1-2(4)5/h8H,3-7H2,1-2H3;3H,1H2,(H,4,5). The SMILES string of the molecule is CCCCCCC(C)ON=O.O=C(O)CO. The highest BCUT2D eigenvalue weighted by Gasteiger charge is 2.00. The van der Waals surface area contributed by atoms with E-state index in [0.717, 1.165) is 12.8 Å². The smallest absolute Gasteiger partial charge is 0.329 e. The number of aliphatic carboxylic acids is 1. The van der Waals surface area contributed by atoms with Crippen molar-refractivity contribution in [1.29, 1.82) is 0 Å². The van der Waals surface area contributed by atoms with Crippen LogP contribution in [0.25, 0.3) is 0 Å². The molecule has 0 radical (unpaired) electrons. The van der Waals surface area contributed by atoms with E-state index in [1.54, 1.807) is 0 Å². The Morgan fingerprint density at radius 3 is 2.31 bits per heavy atom. The van der Waals surface area contributed by atoms with Crippen LogP contribution >= 0.6 is 0 Å². The average Bonchev–Trinajstić information content (AvgIpc) is 2.26. The molecule has 6 heteroatoms. The van der Waals surface area contributed by atoms with E-state index in [1.807, 2.05) is 6.92 Å². The molecule has 0 rings (SSSR count). The van der Waals surface area contributed by atoms with Crippen LogP contribution in [0.2, 0.25) is 0 Å². The number of aliphatic hydroxyl groups is 1. The highest BCUT2D eigenvalue weighted by molar-refractivity contribution is 5.67. The summed E-state index contributed by atoms with van der Waals surface area (Å²) in [6, 6.07) is 0. The summed E-state index contributed by atoms with van der Waals surface area (Å²) >= 11 is 0. The van der Waals surface area contributed by atoms with Crippen LogP contribution in [0, 0.1) is 4.91 Å². The molecule has 16 heavy (non-hydrogen) atoms. The van der Waals surface area contributed by atoms with Crippen molar-refractivity contribution in [2.45, 2.75) is 52.1 Å². The third kappa shape index (κ3) is 18.6. The van der Waals surface area contributed by atoms with Gasteiger partial charge in [0.15, 0.2) is 5.34 Å². The normalized spacial score (nSPS) is 10.9. The molecular weight excluding hydrogens is 214 g/mol. The summed E-state index contributed by atoms with van der Waals surface area (Å²) in [5, 5.41) is 17.4. The van der Waals surface area contributed by atoms with Crippen LogP contribution in [0.4, 0.5) is 0 Å². The third-order valence-electron chi connectivity index (χ3n) is 1.82. The van der Waals surface area contributed by atoms with E-state index in [2.05, 4.69) is 17.1 Å². The van der Waals surface area contributed by atoms with E-state index < -0.39 is 12.6 Å². The van der Waals surface area contributed by atoms with Crippen molar-refractivity contribution in [1.82, 2.24) is 0 Å². The molecule has 0 aromatic heterocycles.